The predicted molar refractivity (Wildman–Crippen MR) is 68.3 cm³/mol. The number of halogens is 1. The van der Waals surface area contributed by atoms with Crippen LogP contribution in [-0.4, -0.2) is 17.8 Å². The van der Waals surface area contributed by atoms with Gasteiger partial charge in [0.05, 0.1) is 0 Å². The second-order valence-corrected chi connectivity index (χ2v) is 4.83. The molecule has 0 aliphatic carbocycles. The number of aliphatic hydroxyl groups is 1. The largest absolute Gasteiger partial charge is 0.396 e. The summed E-state index contributed by atoms with van der Waals surface area (Å²) in [4.78, 5) is 0. The van der Waals surface area contributed by atoms with Gasteiger partial charge in [0.1, 0.15) is 5.82 Å². The highest BCUT2D eigenvalue weighted by molar-refractivity contribution is 5.23. The molecule has 0 bridgehead atoms. The minimum Gasteiger partial charge on any atom is -0.396 e. The van der Waals surface area contributed by atoms with Gasteiger partial charge in [0.25, 0.3) is 0 Å². The molecule has 0 aromatic heterocycles. The fourth-order valence-corrected chi connectivity index (χ4v) is 1.81. The maximum Gasteiger partial charge on any atom is 0.126 e. The fraction of sp³-hybridized carbons (Fsp3) is 0.571. The van der Waals surface area contributed by atoms with E-state index in [1.807, 2.05) is 6.07 Å². The van der Waals surface area contributed by atoms with Crippen LogP contribution in [-0.2, 0) is 6.54 Å². The molecule has 96 valence electrons. The number of aliphatic hydroxyl groups excluding tert-OH is 1. The summed E-state index contributed by atoms with van der Waals surface area (Å²) in [6.07, 6.45) is 0.728. The highest BCUT2D eigenvalue weighted by atomic mass is 19.1. The lowest BCUT2D eigenvalue weighted by molar-refractivity contribution is 0.244. The van der Waals surface area contributed by atoms with E-state index in [9.17, 15) is 4.39 Å². The van der Waals surface area contributed by atoms with Crippen molar-refractivity contribution in [3.05, 3.63) is 35.1 Å². The third kappa shape index (κ3) is 4.44. The Hall–Kier alpha value is -0.930. The summed E-state index contributed by atoms with van der Waals surface area (Å²) in [5.74, 6) is 0.296. The summed E-state index contributed by atoms with van der Waals surface area (Å²) in [5, 5.41) is 12.3. The van der Waals surface area contributed by atoms with Gasteiger partial charge in [-0.2, -0.15) is 0 Å². The summed E-state index contributed by atoms with van der Waals surface area (Å²) in [6.45, 7) is 6.81. The zero-order valence-electron chi connectivity index (χ0n) is 10.8. The first kappa shape index (κ1) is 14.1. The lowest BCUT2D eigenvalue weighted by atomic mass is 10.0. The lowest BCUT2D eigenvalue weighted by Crippen LogP contribution is -2.34. The summed E-state index contributed by atoms with van der Waals surface area (Å²) >= 11 is 0. The summed E-state index contributed by atoms with van der Waals surface area (Å²) in [6, 6.07) is 5.56. The molecular formula is C14H22FNO. The van der Waals surface area contributed by atoms with E-state index in [1.165, 1.54) is 0 Å². The number of benzene rings is 1. The van der Waals surface area contributed by atoms with Gasteiger partial charge in [-0.25, -0.2) is 4.39 Å². The Morgan fingerprint density at radius 3 is 2.59 bits per heavy atom. The van der Waals surface area contributed by atoms with E-state index < -0.39 is 0 Å². The maximum atomic E-state index is 13.3. The SMILES string of the molecule is Cc1ccc(CNC(CCO)C(C)C)cc1F. The van der Waals surface area contributed by atoms with Crippen LogP contribution < -0.4 is 5.32 Å². The molecular weight excluding hydrogens is 217 g/mol. The van der Waals surface area contributed by atoms with Crippen molar-refractivity contribution in [1.29, 1.82) is 0 Å². The van der Waals surface area contributed by atoms with Gasteiger partial charge in [-0.15, -0.1) is 0 Å². The molecule has 0 spiro atoms. The molecule has 0 fully saturated rings. The predicted octanol–water partition coefficient (Wildman–Crippen LogP) is 2.63. The second kappa shape index (κ2) is 6.72. The van der Waals surface area contributed by atoms with Crippen LogP contribution >= 0.6 is 0 Å². The molecule has 0 amide bonds. The van der Waals surface area contributed by atoms with Crippen molar-refractivity contribution in [3.63, 3.8) is 0 Å². The molecule has 0 radical (unpaired) electrons. The van der Waals surface area contributed by atoms with Crippen LogP contribution in [0.1, 0.15) is 31.4 Å². The average molecular weight is 239 g/mol. The lowest BCUT2D eigenvalue weighted by Gasteiger charge is -2.21. The van der Waals surface area contributed by atoms with Crippen LogP contribution in [0.25, 0.3) is 0 Å². The first-order valence-corrected chi connectivity index (χ1v) is 6.14. The van der Waals surface area contributed by atoms with Crippen LogP contribution in [0, 0.1) is 18.7 Å². The molecule has 0 aliphatic rings. The van der Waals surface area contributed by atoms with Crippen LogP contribution in [0.15, 0.2) is 18.2 Å². The summed E-state index contributed by atoms with van der Waals surface area (Å²) in [7, 11) is 0. The standard InChI is InChI=1S/C14H22FNO/c1-10(2)14(6-7-17)16-9-12-5-4-11(3)13(15)8-12/h4-5,8,10,14,16-17H,6-7,9H2,1-3H3. The van der Waals surface area contributed by atoms with Crippen LogP contribution in [0.2, 0.25) is 0 Å². The van der Waals surface area contributed by atoms with Crippen molar-refractivity contribution in [1.82, 2.24) is 5.32 Å². The third-order valence-corrected chi connectivity index (χ3v) is 3.05. The monoisotopic (exact) mass is 239 g/mol. The molecule has 1 aromatic carbocycles. The van der Waals surface area contributed by atoms with E-state index in [4.69, 9.17) is 5.11 Å². The van der Waals surface area contributed by atoms with Gasteiger partial charge in [0.15, 0.2) is 0 Å². The van der Waals surface area contributed by atoms with Gasteiger partial charge >= 0.3 is 0 Å². The van der Waals surface area contributed by atoms with Crippen molar-refractivity contribution >= 4 is 0 Å². The van der Waals surface area contributed by atoms with Crippen LogP contribution in [0.4, 0.5) is 4.39 Å². The van der Waals surface area contributed by atoms with Crippen molar-refractivity contribution in [2.24, 2.45) is 5.92 Å². The molecule has 2 N–H and O–H groups in total. The number of nitrogens with one attached hydrogen (secondary N) is 1. The van der Waals surface area contributed by atoms with Crippen molar-refractivity contribution in [2.75, 3.05) is 6.61 Å². The third-order valence-electron chi connectivity index (χ3n) is 3.05. The molecule has 1 atom stereocenters. The first-order valence-electron chi connectivity index (χ1n) is 6.14. The fourth-order valence-electron chi connectivity index (χ4n) is 1.81. The topological polar surface area (TPSA) is 32.3 Å². The van der Waals surface area contributed by atoms with E-state index in [0.29, 0.717) is 18.0 Å². The second-order valence-electron chi connectivity index (χ2n) is 4.83. The summed E-state index contributed by atoms with van der Waals surface area (Å²) in [5.41, 5.74) is 1.61. The Kier molecular flexibility index (Phi) is 5.59. The van der Waals surface area contributed by atoms with Crippen molar-refractivity contribution in [2.45, 2.75) is 39.8 Å². The Morgan fingerprint density at radius 2 is 2.06 bits per heavy atom. The van der Waals surface area contributed by atoms with E-state index in [0.717, 1.165) is 12.0 Å². The average Bonchev–Trinajstić information content (AvgIpc) is 2.28. The quantitative estimate of drug-likeness (QED) is 0.800. The van der Waals surface area contributed by atoms with Gasteiger partial charge in [-0.1, -0.05) is 26.0 Å². The number of hydrogen-bond donors (Lipinski definition) is 2. The van der Waals surface area contributed by atoms with Gasteiger partial charge in [-0.3, -0.25) is 0 Å². The van der Waals surface area contributed by atoms with Crippen LogP contribution in [0.5, 0.6) is 0 Å². The molecule has 1 rings (SSSR count). The van der Waals surface area contributed by atoms with Crippen molar-refractivity contribution < 1.29 is 9.50 Å². The molecule has 0 saturated heterocycles. The minimum absolute atomic E-state index is 0.160. The number of hydrogen-bond acceptors (Lipinski definition) is 2. The van der Waals surface area contributed by atoms with E-state index in [2.05, 4.69) is 19.2 Å². The smallest absolute Gasteiger partial charge is 0.126 e. The Morgan fingerprint density at radius 1 is 1.35 bits per heavy atom. The number of aryl methyl sites for hydroxylation is 1. The molecule has 3 heteroatoms. The van der Waals surface area contributed by atoms with Gasteiger partial charge < -0.3 is 10.4 Å². The molecule has 17 heavy (non-hydrogen) atoms. The Balaban J connectivity index is 2.56. The molecule has 2 nitrogen and oxygen atoms in total. The van der Waals surface area contributed by atoms with Gasteiger partial charge in [-0.05, 0) is 36.5 Å². The van der Waals surface area contributed by atoms with E-state index in [-0.39, 0.29) is 18.5 Å². The minimum atomic E-state index is -0.160. The molecule has 1 aromatic rings. The molecule has 0 heterocycles. The zero-order valence-corrected chi connectivity index (χ0v) is 10.8. The Labute approximate surface area is 103 Å². The molecule has 1 unspecified atom stereocenters. The van der Waals surface area contributed by atoms with Crippen LogP contribution in [0.3, 0.4) is 0 Å². The normalized spacial score (nSPS) is 13.1. The first-order chi connectivity index (χ1) is 8.04. The van der Waals surface area contributed by atoms with Gasteiger partial charge in [0.2, 0.25) is 0 Å². The zero-order chi connectivity index (χ0) is 12.8. The molecule has 0 saturated carbocycles. The maximum absolute atomic E-state index is 13.3. The highest BCUT2D eigenvalue weighted by Crippen LogP contribution is 2.11. The Bertz CT molecular complexity index is 352. The van der Waals surface area contributed by atoms with Gasteiger partial charge in [0, 0.05) is 19.2 Å². The van der Waals surface area contributed by atoms with E-state index >= 15 is 0 Å². The number of rotatable bonds is 6. The highest BCUT2D eigenvalue weighted by Gasteiger charge is 2.11. The van der Waals surface area contributed by atoms with Crippen molar-refractivity contribution in [3.8, 4) is 0 Å². The van der Waals surface area contributed by atoms with E-state index in [1.54, 1.807) is 19.1 Å². The summed E-state index contributed by atoms with van der Waals surface area (Å²) < 4.78 is 13.3. The molecule has 0 aliphatic heterocycles.